The molecule has 0 radical (unpaired) electrons. The molecule has 1 aliphatic heterocycles. The Morgan fingerprint density at radius 2 is 1.67 bits per heavy atom. The number of benzene rings is 1. The van der Waals surface area contributed by atoms with Gasteiger partial charge < -0.3 is 18.9 Å². The van der Waals surface area contributed by atoms with Gasteiger partial charge in [0.1, 0.15) is 12.3 Å². The SMILES string of the molecule is COc1ccc(CN2CCN(CCOC(=O)c3ccccn3)CC2)c(OC)c1OC. The quantitative estimate of drug-likeness (QED) is 0.577. The largest absolute Gasteiger partial charge is 0.493 e. The first kappa shape index (κ1) is 21.9. The Balaban J connectivity index is 1.46. The summed E-state index contributed by atoms with van der Waals surface area (Å²) < 4.78 is 21.8. The summed E-state index contributed by atoms with van der Waals surface area (Å²) >= 11 is 0. The van der Waals surface area contributed by atoms with Crippen LogP contribution in [0.25, 0.3) is 0 Å². The minimum absolute atomic E-state index is 0.339. The molecule has 0 saturated carbocycles. The number of hydrogen-bond acceptors (Lipinski definition) is 8. The number of rotatable bonds is 9. The van der Waals surface area contributed by atoms with Crippen LogP contribution < -0.4 is 14.2 Å². The predicted octanol–water partition coefficient (Wildman–Crippen LogP) is 2.08. The summed E-state index contributed by atoms with van der Waals surface area (Å²) in [5.41, 5.74) is 1.40. The van der Waals surface area contributed by atoms with Crippen LogP contribution in [0.4, 0.5) is 0 Å². The molecular formula is C22H29N3O5. The Kier molecular flexibility index (Phi) is 7.87. The van der Waals surface area contributed by atoms with Crippen LogP contribution in [0.5, 0.6) is 17.2 Å². The maximum absolute atomic E-state index is 12.0. The molecule has 3 rings (SSSR count). The smallest absolute Gasteiger partial charge is 0.356 e. The first-order valence-corrected chi connectivity index (χ1v) is 9.97. The van der Waals surface area contributed by atoms with Crippen LogP contribution in [0.2, 0.25) is 0 Å². The van der Waals surface area contributed by atoms with Crippen LogP contribution in [-0.2, 0) is 11.3 Å². The van der Waals surface area contributed by atoms with Crippen molar-refractivity contribution >= 4 is 5.97 Å². The predicted molar refractivity (Wildman–Crippen MR) is 112 cm³/mol. The van der Waals surface area contributed by atoms with E-state index in [1.54, 1.807) is 45.7 Å². The van der Waals surface area contributed by atoms with Crippen molar-refractivity contribution in [2.75, 3.05) is 60.7 Å². The van der Waals surface area contributed by atoms with Crippen LogP contribution in [0, 0.1) is 0 Å². The first-order chi connectivity index (χ1) is 14.7. The molecule has 1 aromatic heterocycles. The van der Waals surface area contributed by atoms with Crippen molar-refractivity contribution in [3.63, 3.8) is 0 Å². The lowest BCUT2D eigenvalue weighted by atomic mass is 10.1. The standard InChI is InChI=1S/C22H29N3O5/c1-27-19-8-7-17(20(28-2)21(19)29-3)16-25-12-10-24(11-13-25)14-15-30-22(26)18-6-4-5-9-23-18/h4-9H,10-16H2,1-3H3. The second-order valence-corrected chi connectivity index (χ2v) is 6.96. The maximum Gasteiger partial charge on any atom is 0.356 e. The third-order valence-electron chi connectivity index (χ3n) is 5.16. The summed E-state index contributed by atoms with van der Waals surface area (Å²) in [6, 6.07) is 9.13. The topological polar surface area (TPSA) is 73.4 Å². The van der Waals surface area contributed by atoms with Gasteiger partial charge in [0.25, 0.3) is 0 Å². The highest BCUT2D eigenvalue weighted by atomic mass is 16.5. The van der Waals surface area contributed by atoms with E-state index in [-0.39, 0.29) is 5.97 Å². The molecular weight excluding hydrogens is 386 g/mol. The van der Waals surface area contributed by atoms with E-state index in [2.05, 4.69) is 14.8 Å². The summed E-state index contributed by atoms with van der Waals surface area (Å²) in [6.45, 7) is 5.52. The van der Waals surface area contributed by atoms with Crippen molar-refractivity contribution in [3.8, 4) is 17.2 Å². The second-order valence-electron chi connectivity index (χ2n) is 6.96. The molecule has 1 aromatic carbocycles. The molecule has 0 aliphatic carbocycles. The van der Waals surface area contributed by atoms with E-state index in [1.165, 1.54) is 0 Å². The number of hydrogen-bond donors (Lipinski definition) is 0. The van der Waals surface area contributed by atoms with Crippen molar-refractivity contribution in [2.24, 2.45) is 0 Å². The highest BCUT2D eigenvalue weighted by Crippen LogP contribution is 2.40. The molecule has 1 saturated heterocycles. The van der Waals surface area contributed by atoms with Crippen molar-refractivity contribution < 1.29 is 23.7 Å². The van der Waals surface area contributed by atoms with Crippen LogP contribution in [0.15, 0.2) is 36.5 Å². The van der Waals surface area contributed by atoms with E-state index in [0.717, 1.165) is 38.3 Å². The number of ether oxygens (including phenoxy) is 4. The fraction of sp³-hybridized carbons (Fsp3) is 0.455. The molecule has 8 nitrogen and oxygen atoms in total. The summed E-state index contributed by atoms with van der Waals surface area (Å²) in [6.07, 6.45) is 1.59. The normalized spacial score (nSPS) is 14.9. The van der Waals surface area contributed by atoms with Gasteiger partial charge in [-0.1, -0.05) is 12.1 Å². The number of piperazine rings is 1. The molecule has 2 aromatic rings. The summed E-state index contributed by atoms with van der Waals surface area (Å²) in [7, 11) is 4.87. The van der Waals surface area contributed by atoms with Crippen LogP contribution in [0.1, 0.15) is 16.1 Å². The number of carbonyl (C=O) groups excluding carboxylic acids is 1. The minimum atomic E-state index is -0.380. The van der Waals surface area contributed by atoms with Gasteiger partial charge in [0.2, 0.25) is 5.75 Å². The van der Waals surface area contributed by atoms with Gasteiger partial charge >= 0.3 is 5.97 Å². The second kappa shape index (κ2) is 10.8. The van der Waals surface area contributed by atoms with Gasteiger partial charge in [-0.15, -0.1) is 0 Å². The lowest BCUT2D eigenvalue weighted by Gasteiger charge is -2.34. The van der Waals surface area contributed by atoms with Crippen LogP contribution in [0.3, 0.4) is 0 Å². The zero-order valence-corrected chi connectivity index (χ0v) is 17.8. The maximum atomic E-state index is 12.0. The number of methoxy groups -OCH3 is 3. The molecule has 0 N–H and O–H groups in total. The molecule has 1 fully saturated rings. The van der Waals surface area contributed by atoms with E-state index in [0.29, 0.717) is 36.1 Å². The molecule has 0 amide bonds. The monoisotopic (exact) mass is 415 g/mol. The summed E-state index contributed by atoms with van der Waals surface area (Å²) in [5, 5.41) is 0. The van der Waals surface area contributed by atoms with Gasteiger partial charge in [0.15, 0.2) is 11.5 Å². The van der Waals surface area contributed by atoms with Crippen molar-refractivity contribution in [1.29, 1.82) is 0 Å². The Hall–Kier alpha value is -2.84. The van der Waals surface area contributed by atoms with E-state index in [9.17, 15) is 4.79 Å². The third kappa shape index (κ3) is 5.40. The van der Waals surface area contributed by atoms with Crippen molar-refractivity contribution in [3.05, 3.63) is 47.8 Å². The molecule has 8 heteroatoms. The zero-order chi connectivity index (χ0) is 21.3. The van der Waals surface area contributed by atoms with Crippen LogP contribution in [-0.4, -0.2) is 81.4 Å². The van der Waals surface area contributed by atoms with E-state index < -0.39 is 0 Å². The van der Waals surface area contributed by atoms with Gasteiger partial charge in [-0.3, -0.25) is 9.80 Å². The average Bonchev–Trinajstić information content (AvgIpc) is 2.80. The Bertz CT molecular complexity index is 823. The van der Waals surface area contributed by atoms with E-state index in [4.69, 9.17) is 18.9 Å². The van der Waals surface area contributed by atoms with Gasteiger partial charge in [-0.05, 0) is 18.2 Å². The number of pyridine rings is 1. The summed E-state index contributed by atoms with van der Waals surface area (Å²) in [4.78, 5) is 20.6. The van der Waals surface area contributed by atoms with Gasteiger partial charge in [0, 0.05) is 51.0 Å². The van der Waals surface area contributed by atoms with E-state index >= 15 is 0 Å². The molecule has 30 heavy (non-hydrogen) atoms. The molecule has 162 valence electrons. The highest BCUT2D eigenvalue weighted by molar-refractivity contribution is 5.87. The minimum Gasteiger partial charge on any atom is -0.493 e. The Labute approximate surface area is 177 Å². The lowest BCUT2D eigenvalue weighted by molar-refractivity contribution is 0.0413. The highest BCUT2D eigenvalue weighted by Gasteiger charge is 2.21. The van der Waals surface area contributed by atoms with Gasteiger partial charge in [-0.2, -0.15) is 0 Å². The van der Waals surface area contributed by atoms with E-state index in [1.807, 2.05) is 12.1 Å². The van der Waals surface area contributed by atoms with Crippen molar-refractivity contribution in [2.45, 2.75) is 6.54 Å². The third-order valence-corrected chi connectivity index (χ3v) is 5.16. The zero-order valence-electron chi connectivity index (χ0n) is 17.8. The number of aromatic nitrogens is 1. The Morgan fingerprint density at radius 3 is 2.30 bits per heavy atom. The number of nitrogens with zero attached hydrogens (tertiary/aromatic N) is 3. The summed E-state index contributed by atoms with van der Waals surface area (Å²) in [5.74, 6) is 1.60. The Morgan fingerprint density at radius 1 is 0.933 bits per heavy atom. The number of carbonyl (C=O) groups is 1. The number of esters is 1. The molecule has 0 unspecified atom stereocenters. The molecule has 0 bridgehead atoms. The van der Waals surface area contributed by atoms with Gasteiger partial charge in [-0.25, -0.2) is 9.78 Å². The molecule has 0 spiro atoms. The van der Waals surface area contributed by atoms with Crippen LogP contribution >= 0.6 is 0 Å². The molecule has 2 heterocycles. The average molecular weight is 415 g/mol. The fourth-order valence-corrected chi connectivity index (χ4v) is 3.52. The lowest BCUT2D eigenvalue weighted by Crippen LogP contribution is -2.46. The molecule has 1 aliphatic rings. The fourth-order valence-electron chi connectivity index (χ4n) is 3.52. The van der Waals surface area contributed by atoms with Crippen molar-refractivity contribution in [1.82, 2.24) is 14.8 Å². The molecule has 0 atom stereocenters. The first-order valence-electron chi connectivity index (χ1n) is 9.97. The van der Waals surface area contributed by atoms with Gasteiger partial charge in [0.05, 0.1) is 21.3 Å².